The van der Waals surface area contributed by atoms with E-state index < -0.39 is 35.8 Å². The molecule has 0 aliphatic carbocycles. The number of rotatable bonds is 9. The minimum atomic E-state index is -2.96. The zero-order chi connectivity index (χ0) is 28.3. The number of amides is 1. The van der Waals surface area contributed by atoms with E-state index in [1.807, 2.05) is 6.92 Å². The van der Waals surface area contributed by atoms with Gasteiger partial charge in [0, 0.05) is 5.56 Å². The van der Waals surface area contributed by atoms with Crippen molar-refractivity contribution in [1.29, 1.82) is 0 Å². The second-order valence-electron chi connectivity index (χ2n) is 8.24. The maximum Gasteiger partial charge on any atom is 0.348 e. The van der Waals surface area contributed by atoms with E-state index in [-0.39, 0.29) is 51.1 Å². The number of aromatic nitrogens is 3. The molecule has 0 saturated carbocycles. The molecule has 4 rings (SSSR count). The Kier molecular flexibility index (Phi) is 8.29. The Morgan fingerprint density at radius 2 is 1.82 bits per heavy atom. The molecule has 0 fully saturated rings. The summed E-state index contributed by atoms with van der Waals surface area (Å²) < 4.78 is 52.3. The van der Waals surface area contributed by atoms with Gasteiger partial charge < -0.3 is 14.8 Å². The fraction of sp³-hybridized carbons (Fsp3) is 0.269. The molecular formula is C26H23F3N4O5S. The van der Waals surface area contributed by atoms with E-state index in [1.165, 1.54) is 19.1 Å². The molecule has 0 saturated heterocycles. The van der Waals surface area contributed by atoms with E-state index in [0.29, 0.717) is 12.0 Å². The second-order valence-corrected chi connectivity index (χ2v) is 9.26. The topological polar surface area (TPSA) is 112 Å². The molecule has 0 aliphatic heterocycles. The number of halogens is 3. The van der Waals surface area contributed by atoms with Crippen molar-refractivity contribution < 1.29 is 37.0 Å². The average Bonchev–Trinajstić information content (AvgIpc) is 3.48. The molecule has 0 spiro atoms. The van der Waals surface area contributed by atoms with Crippen molar-refractivity contribution in [2.75, 3.05) is 18.5 Å². The third-order valence-electron chi connectivity index (χ3n) is 5.58. The standard InChI is InChI=1S/C26H23F3N4O5S/c1-4-10-38-25(35)19-13(3)20(26(36)37-5-2)39-24(19)32-23(34)16-12-30-33-18(21(28)29)11-17(31-22(16)33)14-6-8-15(27)9-7-14/h6-9,11-12,21H,4-5,10H2,1-3H3,(H,32,34). The van der Waals surface area contributed by atoms with Crippen molar-refractivity contribution in [2.24, 2.45) is 0 Å². The lowest BCUT2D eigenvalue weighted by Crippen LogP contribution is -2.15. The molecule has 1 aromatic carbocycles. The van der Waals surface area contributed by atoms with Crippen LogP contribution in [0.2, 0.25) is 0 Å². The van der Waals surface area contributed by atoms with Gasteiger partial charge in [-0.2, -0.15) is 5.10 Å². The number of hydrogen-bond acceptors (Lipinski definition) is 8. The first-order valence-corrected chi connectivity index (χ1v) is 12.7. The van der Waals surface area contributed by atoms with Crippen LogP contribution in [0.15, 0.2) is 36.5 Å². The Balaban J connectivity index is 1.78. The van der Waals surface area contributed by atoms with Crippen LogP contribution < -0.4 is 5.32 Å². The number of esters is 2. The van der Waals surface area contributed by atoms with Gasteiger partial charge in [0.15, 0.2) is 5.65 Å². The van der Waals surface area contributed by atoms with Gasteiger partial charge in [0.05, 0.1) is 30.7 Å². The van der Waals surface area contributed by atoms with Crippen LogP contribution in [0, 0.1) is 12.7 Å². The van der Waals surface area contributed by atoms with Crippen LogP contribution in [0.5, 0.6) is 0 Å². The lowest BCUT2D eigenvalue weighted by atomic mass is 10.1. The van der Waals surface area contributed by atoms with Crippen molar-refractivity contribution >= 4 is 39.8 Å². The van der Waals surface area contributed by atoms with E-state index in [1.54, 1.807) is 6.92 Å². The Morgan fingerprint density at radius 1 is 1.10 bits per heavy atom. The fourth-order valence-electron chi connectivity index (χ4n) is 3.75. The predicted octanol–water partition coefficient (Wildman–Crippen LogP) is 5.84. The number of fused-ring (bicyclic) bond motifs is 1. The largest absolute Gasteiger partial charge is 0.462 e. The highest BCUT2D eigenvalue weighted by Gasteiger charge is 2.29. The number of carbonyl (C=O) groups is 3. The Labute approximate surface area is 224 Å². The summed E-state index contributed by atoms with van der Waals surface area (Å²) in [6.45, 7) is 5.20. The first kappa shape index (κ1) is 27.8. The lowest BCUT2D eigenvalue weighted by Gasteiger charge is -2.09. The van der Waals surface area contributed by atoms with Gasteiger partial charge in [-0.3, -0.25) is 4.79 Å². The van der Waals surface area contributed by atoms with Crippen molar-refractivity contribution in [3.05, 3.63) is 69.6 Å². The van der Waals surface area contributed by atoms with Crippen LogP contribution in [0.3, 0.4) is 0 Å². The third-order valence-corrected chi connectivity index (χ3v) is 6.77. The number of anilines is 1. The number of benzene rings is 1. The minimum Gasteiger partial charge on any atom is -0.462 e. The Morgan fingerprint density at radius 3 is 2.46 bits per heavy atom. The smallest absolute Gasteiger partial charge is 0.348 e. The summed E-state index contributed by atoms with van der Waals surface area (Å²) in [7, 11) is 0. The molecule has 13 heteroatoms. The molecule has 9 nitrogen and oxygen atoms in total. The van der Waals surface area contributed by atoms with E-state index in [4.69, 9.17) is 9.47 Å². The summed E-state index contributed by atoms with van der Waals surface area (Å²) in [6.07, 6.45) is -1.34. The molecule has 204 valence electrons. The second kappa shape index (κ2) is 11.6. The van der Waals surface area contributed by atoms with E-state index in [0.717, 1.165) is 40.2 Å². The van der Waals surface area contributed by atoms with Crippen molar-refractivity contribution in [3.63, 3.8) is 0 Å². The van der Waals surface area contributed by atoms with E-state index >= 15 is 0 Å². The molecule has 4 aromatic rings. The number of carbonyl (C=O) groups excluding carboxylic acids is 3. The summed E-state index contributed by atoms with van der Waals surface area (Å²) in [5.41, 5.74) is -0.203. The summed E-state index contributed by atoms with van der Waals surface area (Å²) in [5.74, 6) is -2.74. The van der Waals surface area contributed by atoms with Crippen molar-refractivity contribution in [3.8, 4) is 11.3 Å². The van der Waals surface area contributed by atoms with Gasteiger partial charge in [-0.1, -0.05) is 6.92 Å². The quantitative estimate of drug-likeness (QED) is 0.256. The fourth-order valence-corrected chi connectivity index (χ4v) is 4.83. The molecule has 0 atom stereocenters. The highest BCUT2D eigenvalue weighted by Crippen LogP contribution is 2.35. The number of nitrogens with one attached hydrogen (secondary N) is 1. The van der Waals surface area contributed by atoms with Gasteiger partial charge in [0.2, 0.25) is 0 Å². The van der Waals surface area contributed by atoms with Crippen LogP contribution in [0.1, 0.15) is 68.3 Å². The number of nitrogens with zero attached hydrogens (tertiary/aromatic N) is 3. The summed E-state index contributed by atoms with van der Waals surface area (Å²) in [4.78, 5) is 43.1. The number of ether oxygens (including phenoxy) is 2. The normalized spacial score (nSPS) is 11.2. The van der Waals surface area contributed by atoms with E-state index in [9.17, 15) is 27.6 Å². The van der Waals surface area contributed by atoms with Gasteiger partial charge in [-0.05, 0) is 56.2 Å². The lowest BCUT2D eigenvalue weighted by molar-refractivity contribution is 0.0506. The zero-order valence-corrected chi connectivity index (χ0v) is 21.9. The molecule has 39 heavy (non-hydrogen) atoms. The maximum atomic E-state index is 13.9. The number of alkyl halides is 2. The Bertz CT molecular complexity index is 1550. The highest BCUT2D eigenvalue weighted by atomic mass is 32.1. The van der Waals surface area contributed by atoms with E-state index in [2.05, 4.69) is 15.4 Å². The third kappa shape index (κ3) is 5.62. The molecule has 0 radical (unpaired) electrons. The van der Waals surface area contributed by atoms with Gasteiger partial charge in [0.1, 0.15) is 27.0 Å². The molecule has 0 unspecified atom stereocenters. The molecule has 0 aliphatic rings. The summed E-state index contributed by atoms with van der Waals surface area (Å²) in [6, 6.07) is 6.17. The minimum absolute atomic E-state index is 0.0183. The first-order valence-electron chi connectivity index (χ1n) is 11.9. The van der Waals surface area contributed by atoms with Gasteiger partial charge in [-0.25, -0.2) is 32.3 Å². The van der Waals surface area contributed by atoms with Crippen LogP contribution in [-0.4, -0.2) is 45.7 Å². The SMILES string of the molecule is CCCOC(=O)c1c(NC(=O)c2cnn3c(C(F)F)cc(-c4ccc(F)cc4)nc23)sc(C(=O)OCC)c1C. The molecule has 3 heterocycles. The predicted molar refractivity (Wildman–Crippen MR) is 137 cm³/mol. The van der Waals surface area contributed by atoms with Crippen LogP contribution in [-0.2, 0) is 9.47 Å². The molecule has 1 N–H and O–H groups in total. The van der Waals surface area contributed by atoms with Crippen LogP contribution in [0.25, 0.3) is 16.9 Å². The summed E-state index contributed by atoms with van der Waals surface area (Å²) in [5, 5.41) is 6.51. The summed E-state index contributed by atoms with van der Waals surface area (Å²) >= 11 is 0.826. The molecule has 1 amide bonds. The zero-order valence-electron chi connectivity index (χ0n) is 21.1. The van der Waals surface area contributed by atoms with Crippen LogP contribution in [0.4, 0.5) is 18.2 Å². The first-order chi connectivity index (χ1) is 18.7. The van der Waals surface area contributed by atoms with Crippen LogP contribution >= 0.6 is 11.3 Å². The maximum absolute atomic E-state index is 13.9. The van der Waals surface area contributed by atoms with Crippen molar-refractivity contribution in [1.82, 2.24) is 14.6 Å². The van der Waals surface area contributed by atoms with Crippen molar-refractivity contribution in [2.45, 2.75) is 33.6 Å². The molecular weight excluding hydrogens is 537 g/mol. The number of hydrogen-bond donors (Lipinski definition) is 1. The van der Waals surface area contributed by atoms with Gasteiger partial charge >= 0.3 is 11.9 Å². The molecule has 0 bridgehead atoms. The number of thiophene rings is 1. The average molecular weight is 561 g/mol. The highest BCUT2D eigenvalue weighted by molar-refractivity contribution is 7.18. The Hall–Kier alpha value is -4.26. The monoisotopic (exact) mass is 560 g/mol. The van der Waals surface area contributed by atoms with Gasteiger partial charge in [0.25, 0.3) is 12.3 Å². The van der Waals surface area contributed by atoms with Gasteiger partial charge in [-0.15, -0.1) is 11.3 Å². The molecule has 3 aromatic heterocycles.